The summed E-state index contributed by atoms with van der Waals surface area (Å²) in [6.07, 6.45) is -0.898. The third kappa shape index (κ3) is 10.00. The quantitative estimate of drug-likeness (QED) is 0.0950. The van der Waals surface area contributed by atoms with Crippen LogP contribution in [0.1, 0.15) is 123 Å². The van der Waals surface area contributed by atoms with Crippen LogP contribution in [-0.4, -0.2) is 37.5 Å². The third-order valence-corrected chi connectivity index (χ3v) is 7.38. The molecule has 0 aliphatic rings. The van der Waals surface area contributed by atoms with E-state index in [1.165, 1.54) is 0 Å². The molecule has 0 heterocycles. The highest BCUT2D eigenvalue weighted by molar-refractivity contribution is 5.90. The van der Waals surface area contributed by atoms with Crippen LogP contribution in [0.2, 0.25) is 0 Å². The summed E-state index contributed by atoms with van der Waals surface area (Å²) in [5.74, 6) is -2.03. The van der Waals surface area contributed by atoms with Gasteiger partial charge in [0.05, 0.1) is 24.3 Å². The molecule has 0 N–H and O–H groups in total. The van der Waals surface area contributed by atoms with Crippen LogP contribution in [0.25, 0.3) is 0 Å². The van der Waals surface area contributed by atoms with Gasteiger partial charge in [-0.15, -0.1) is 0 Å². The van der Waals surface area contributed by atoms with Gasteiger partial charge in [0.25, 0.3) is 0 Å². The zero-order chi connectivity index (χ0) is 31.9. The lowest BCUT2D eigenvalue weighted by atomic mass is 9.72. The van der Waals surface area contributed by atoms with E-state index >= 15 is 0 Å². The summed E-state index contributed by atoms with van der Waals surface area (Å²) in [6.45, 7) is 4.15. The second-order valence-corrected chi connectivity index (χ2v) is 10.7. The molecule has 0 amide bonds. The van der Waals surface area contributed by atoms with Crippen LogP contribution in [0, 0.1) is 0 Å². The van der Waals surface area contributed by atoms with Gasteiger partial charge in [-0.3, -0.25) is 0 Å². The summed E-state index contributed by atoms with van der Waals surface area (Å²) in [6, 6.07) is 6.62. The Balaban J connectivity index is 2.32. The van der Waals surface area contributed by atoms with E-state index in [0.717, 1.165) is 88.5 Å². The zero-order valence-electron chi connectivity index (χ0n) is 24.9. The van der Waals surface area contributed by atoms with Crippen molar-refractivity contribution < 1.29 is 45.4 Å². The van der Waals surface area contributed by atoms with Crippen molar-refractivity contribution >= 4 is 11.9 Å². The predicted octanol–water partition coefficient (Wildman–Crippen LogP) is 10.1. The van der Waals surface area contributed by atoms with Crippen LogP contribution in [0.15, 0.2) is 48.5 Å². The van der Waals surface area contributed by atoms with Crippen molar-refractivity contribution in [1.82, 2.24) is 0 Å². The number of hydrogen-bond acceptors (Lipinski definition) is 4. The van der Waals surface area contributed by atoms with Gasteiger partial charge in [0.15, 0.2) is 0 Å². The highest BCUT2D eigenvalue weighted by atomic mass is 19.4. The molecule has 0 atom stereocenters. The van der Waals surface area contributed by atoms with Gasteiger partial charge in [-0.2, -0.15) is 26.3 Å². The van der Waals surface area contributed by atoms with E-state index in [-0.39, 0.29) is 13.2 Å². The fraction of sp³-hybridized carbons (Fsp3) is 0.576. The molecule has 2 aromatic rings. The number of halogens is 6. The average molecular weight is 617 g/mol. The van der Waals surface area contributed by atoms with E-state index in [9.17, 15) is 35.9 Å². The van der Waals surface area contributed by atoms with Crippen molar-refractivity contribution in [2.45, 2.75) is 109 Å². The number of unbranched alkanes of at least 4 members (excludes halogenated alkanes) is 10. The zero-order valence-corrected chi connectivity index (χ0v) is 24.9. The SMILES string of the molecule is CCCCCCCCOC(=O)c1cccc(C(c2cccc(C(=O)OCCCCCCCC)c2)(C(F)(F)F)C(F)(F)F)c1. The van der Waals surface area contributed by atoms with E-state index in [1.54, 1.807) is 0 Å². The standard InChI is InChI=1S/C33H42F6O4/c1-3-5-7-9-11-13-21-42-29(40)25-17-15-19-27(23-25)31(32(34,35)36,33(37,38)39)28-20-16-18-26(24-28)30(41)43-22-14-12-10-8-6-4-2/h15-20,23-24H,3-14,21-22H2,1-2H3. The van der Waals surface area contributed by atoms with Gasteiger partial charge >= 0.3 is 24.3 Å². The highest BCUT2D eigenvalue weighted by Crippen LogP contribution is 2.56. The van der Waals surface area contributed by atoms with Crippen LogP contribution < -0.4 is 0 Å². The molecule has 4 nitrogen and oxygen atoms in total. The minimum absolute atomic E-state index is 0.00175. The molecule has 2 rings (SSSR count). The molecule has 10 heteroatoms. The summed E-state index contributed by atoms with van der Waals surface area (Å²) in [5, 5.41) is 0. The molecule has 0 aliphatic carbocycles. The first-order valence-corrected chi connectivity index (χ1v) is 15.1. The van der Waals surface area contributed by atoms with E-state index in [0.29, 0.717) is 37.1 Å². The largest absolute Gasteiger partial charge is 0.462 e. The van der Waals surface area contributed by atoms with Crippen LogP contribution in [0.5, 0.6) is 0 Å². The van der Waals surface area contributed by atoms with Crippen LogP contribution >= 0.6 is 0 Å². The Kier molecular flexibility index (Phi) is 14.5. The minimum Gasteiger partial charge on any atom is -0.462 e. The van der Waals surface area contributed by atoms with Gasteiger partial charge in [-0.05, 0) is 48.2 Å². The first kappa shape index (κ1) is 36.2. The number of ether oxygens (including phenoxy) is 2. The van der Waals surface area contributed by atoms with E-state index < -0.39 is 52.0 Å². The fourth-order valence-corrected chi connectivity index (χ4v) is 5.00. The molecule has 0 saturated heterocycles. The molecule has 43 heavy (non-hydrogen) atoms. The molecule has 0 unspecified atom stereocenters. The number of alkyl halides is 6. The maximum atomic E-state index is 14.7. The second-order valence-electron chi connectivity index (χ2n) is 10.7. The summed E-state index contributed by atoms with van der Waals surface area (Å²) >= 11 is 0. The van der Waals surface area contributed by atoms with E-state index in [1.807, 2.05) is 0 Å². The maximum absolute atomic E-state index is 14.7. The van der Waals surface area contributed by atoms with Gasteiger partial charge in [-0.25, -0.2) is 9.59 Å². The molecule has 0 bridgehead atoms. The molecular weight excluding hydrogens is 574 g/mol. The van der Waals surface area contributed by atoms with Crippen molar-refractivity contribution in [3.8, 4) is 0 Å². The van der Waals surface area contributed by atoms with Crippen LogP contribution in [0.4, 0.5) is 26.3 Å². The molecule has 0 spiro atoms. The third-order valence-electron chi connectivity index (χ3n) is 7.38. The van der Waals surface area contributed by atoms with Crippen molar-refractivity contribution in [3.63, 3.8) is 0 Å². The van der Waals surface area contributed by atoms with Crippen LogP contribution in [0.3, 0.4) is 0 Å². The Morgan fingerprint density at radius 1 is 0.558 bits per heavy atom. The monoisotopic (exact) mass is 616 g/mol. The smallest absolute Gasteiger partial charge is 0.411 e. The molecule has 2 aromatic carbocycles. The molecular formula is C33H42F6O4. The number of benzene rings is 2. The van der Waals surface area contributed by atoms with Gasteiger partial charge in [0.2, 0.25) is 5.41 Å². The molecule has 0 saturated carbocycles. The summed E-state index contributed by atoms with van der Waals surface area (Å²) in [7, 11) is 0. The van der Waals surface area contributed by atoms with Gasteiger partial charge in [-0.1, -0.05) is 102 Å². The van der Waals surface area contributed by atoms with Crippen molar-refractivity contribution in [2.75, 3.05) is 13.2 Å². The summed E-state index contributed by atoms with van der Waals surface area (Å²) in [5.41, 5.74) is -7.81. The first-order chi connectivity index (χ1) is 20.4. The molecule has 0 aliphatic heterocycles. The number of hydrogen-bond donors (Lipinski definition) is 0. The Hall–Kier alpha value is -3.04. The van der Waals surface area contributed by atoms with E-state index in [2.05, 4.69) is 13.8 Å². The van der Waals surface area contributed by atoms with Gasteiger partial charge < -0.3 is 9.47 Å². The molecule has 0 fully saturated rings. The number of carbonyl (C=O) groups excluding carboxylic acids is 2. The lowest BCUT2D eigenvalue weighted by Gasteiger charge is -2.38. The number of esters is 2. The Labute approximate surface area is 250 Å². The lowest BCUT2D eigenvalue weighted by molar-refractivity contribution is -0.288. The van der Waals surface area contributed by atoms with Crippen LogP contribution in [-0.2, 0) is 14.9 Å². The molecule has 240 valence electrons. The molecule has 0 radical (unpaired) electrons. The topological polar surface area (TPSA) is 52.6 Å². The Bertz CT molecular complexity index is 1050. The Morgan fingerprint density at radius 2 is 0.907 bits per heavy atom. The van der Waals surface area contributed by atoms with E-state index in [4.69, 9.17) is 9.47 Å². The predicted molar refractivity (Wildman–Crippen MR) is 153 cm³/mol. The highest BCUT2D eigenvalue weighted by Gasteiger charge is 2.72. The Morgan fingerprint density at radius 3 is 1.26 bits per heavy atom. The lowest BCUT2D eigenvalue weighted by Crippen LogP contribution is -2.54. The second kappa shape index (κ2) is 17.3. The summed E-state index contributed by atoms with van der Waals surface area (Å²) in [4.78, 5) is 25.2. The first-order valence-electron chi connectivity index (χ1n) is 15.1. The van der Waals surface area contributed by atoms with Crippen molar-refractivity contribution in [2.24, 2.45) is 0 Å². The van der Waals surface area contributed by atoms with Crippen molar-refractivity contribution in [1.29, 1.82) is 0 Å². The van der Waals surface area contributed by atoms with Gasteiger partial charge in [0.1, 0.15) is 0 Å². The normalized spacial score (nSPS) is 12.3. The fourth-order valence-electron chi connectivity index (χ4n) is 5.00. The summed E-state index contributed by atoms with van der Waals surface area (Å²) < 4.78 is 98.5. The van der Waals surface area contributed by atoms with Crippen molar-refractivity contribution in [3.05, 3.63) is 70.8 Å². The average Bonchev–Trinajstić information content (AvgIpc) is 2.95. The maximum Gasteiger partial charge on any atom is 0.411 e. The number of carbonyl (C=O) groups is 2. The number of rotatable bonds is 18. The minimum atomic E-state index is -5.88. The molecule has 0 aromatic heterocycles. The van der Waals surface area contributed by atoms with Gasteiger partial charge in [0, 0.05) is 0 Å².